The van der Waals surface area contributed by atoms with E-state index in [1.807, 2.05) is 6.92 Å². The molecular weight excluding hydrogens is 264 g/mol. The number of carboxylic acids is 1. The Kier molecular flexibility index (Phi) is 6.58. The van der Waals surface area contributed by atoms with Crippen LogP contribution in [0, 0.1) is 5.92 Å². The van der Waals surface area contributed by atoms with Crippen molar-refractivity contribution in [1.29, 1.82) is 0 Å². The maximum Gasteiger partial charge on any atom is 0.303 e. The number of nitrogens with one attached hydrogen (secondary N) is 1. The van der Waals surface area contributed by atoms with Gasteiger partial charge in [-0.25, -0.2) is 0 Å². The summed E-state index contributed by atoms with van der Waals surface area (Å²) >= 11 is 0. The van der Waals surface area contributed by atoms with E-state index in [9.17, 15) is 13.6 Å². The molecule has 0 aliphatic rings. The molecule has 0 spiro atoms. The van der Waals surface area contributed by atoms with Crippen molar-refractivity contribution in [1.82, 2.24) is 5.32 Å². The molecule has 0 aliphatic carbocycles. The van der Waals surface area contributed by atoms with Gasteiger partial charge in [-0.15, -0.1) is 0 Å². The van der Waals surface area contributed by atoms with Crippen molar-refractivity contribution in [3.05, 3.63) is 35.9 Å². The molecule has 1 aromatic carbocycles. The van der Waals surface area contributed by atoms with E-state index in [2.05, 4.69) is 5.32 Å². The van der Waals surface area contributed by atoms with Gasteiger partial charge in [0.25, 0.3) is 5.92 Å². The van der Waals surface area contributed by atoms with E-state index in [-0.39, 0.29) is 17.9 Å². The van der Waals surface area contributed by atoms with Crippen LogP contribution in [0.4, 0.5) is 8.78 Å². The topological polar surface area (TPSA) is 49.3 Å². The second-order valence-electron chi connectivity index (χ2n) is 5.07. The lowest BCUT2D eigenvalue weighted by Crippen LogP contribution is -2.31. The summed E-state index contributed by atoms with van der Waals surface area (Å²) in [5, 5.41) is 11.3. The number of carboxylic acid groups (broad SMARTS) is 1. The van der Waals surface area contributed by atoms with Gasteiger partial charge in [0.1, 0.15) is 0 Å². The van der Waals surface area contributed by atoms with E-state index in [4.69, 9.17) is 5.11 Å². The maximum atomic E-state index is 13.8. The Morgan fingerprint density at radius 2 is 1.95 bits per heavy atom. The average Bonchev–Trinajstić information content (AvgIpc) is 2.42. The van der Waals surface area contributed by atoms with Crippen molar-refractivity contribution in [3.8, 4) is 0 Å². The van der Waals surface area contributed by atoms with Crippen LogP contribution < -0.4 is 5.32 Å². The summed E-state index contributed by atoms with van der Waals surface area (Å²) in [6.07, 6.45) is 1.39. The Hall–Kier alpha value is -1.49. The highest BCUT2D eigenvalue weighted by Crippen LogP contribution is 2.26. The Bertz CT molecular complexity index is 410. The van der Waals surface area contributed by atoms with E-state index < -0.39 is 18.4 Å². The van der Waals surface area contributed by atoms with Crippen LogP contribution in [-0.2, 0) is 10.7 Å². The monoisotopic (exact) mass is 285 g/mol. The van der Waals surface area contributed by atoms with Gasteiger partial charge in [0.2, 0.25) is 0 Å². The fraction of sp³-hybridized carbons (Fsp3) is 0.533. The molecule has 5 heteroatoms. The van der Waals surface area contributed by atoms with Crippen LogP contribution in [0.15, 0.2) is 30.3 Å². The zero-order valence-corrected chi connectivity index (χ0v) is 11.6. The highest BCUT2D eigenvalue weighted by atomic mass is 19.3. The summed E-state index contributed by atoms with van der Waals surface area (Å²) in [6.45, 7) is 1.99. The zero-order chi connectivity index (χ0) is 15.0. The van der Waals surface area contributed by atoms with Crippen LogP contribution in [0.2, 0.25) is 0 Å². The fourth-order valence-corrected chi connectivity index (χ4v) is 1.89. The fourth-order valence-electron chi connectivity index (χ4n) is 1.89. The SMILES string of the molecule is CC(CCNCC(F)(F)c1ccccc1)CCC(=O)O. The third kappa shape index (κ3) is 6.10. The first kappa shape index (κ1) is 16.6. The van der Waals surface area contributed by atoms with Crippen LogP contribution in [0.1, 0.15) is 31.7 Å². The van der Waals surface area contributed by atoms with Gasteiger partial charge in [0.15, 0.2) is 0 Å². The number of rotatable bonds is 9. The summed E-state index contributed by atoms with van der Waals surface area (Å²) in [6, 6.07) is 7.72. The molecule has 0 saturated carbocycles. The van der Waals surface area contributed by atoms with Crippen LogP contribution in [0.5, 0.6) is 0 Å². The third-order valence-electron chi connectivity index (χ3n) is 3.21. The molecule has 1 atom stereocenters. The number of hydrogen-bond acceptors (Lipinski definition) is 2. The number of benzene rings is 1. The maximum absolute atomic E-state index is 13.8. The Morgan fingerprint density at radius 3 is 2.55 bits per heavy atom. The van der Waals surface area contributed by atoms with Crippen molar-refractivity contribution in [2.24, 2.45) is 5.92 Å². The van der Waals surface area contributed by atoms with E-state index in [1.165, 1.54) is 12.1 Å². The van der Waals surface area contributed by atoms with Gasteiger partial charge in [-0.3, -0.25) is 4.79 Å². The number of halogens is 2. The van der Waals surface area contributed by atoms with Gasteiger partial charge >= 0.3 is 5.97 Å². The molecule has 0 heterocycles. The molecule has 3 nitrogen and oxygen atoms in total. The number of alkyl halides is 2. The lowest BCUT2D eigenvalue weighted by atomic mass is 10.0. The van der Waals surface area contributed by atoms with Gasteiger partial charge in [-0.1, -0.05) is 37.3 Å². The van der Waals surface area contributed by atoms with Gasteiger partial charge in [0, 0.05) is 12.0 Å². The van der Waals surface area contributed by atoms with E-state index >= 15 is 0 Å². The van der Waals surface area contributed by atoms with Crippen LogP contribution in [0.3, 0.4) is 0 Å². The highest BCUT2D eigenvalue weighted by molar-refractivity contribution is 5.66. The van der Waals surface area contributed by atoms with Crippen molar-refractivity contribution < 1.29 is 18.7 Å². The number of aliphatic carboxylic acids is 1. The smallest absolute Gasteiger partial charge is 0.303 e. The second-order valence-corrected chi connectivity index (χ2v) is 5.07. The molecule has 0 saturated heterocycles. The summed E-state index contributed by atoms with van der Waals surface area (Å²) < 4.78 is 27.6. The molecule has 0 bridgehead atoms. The predicted molar refractivity (Wildman–Crippen MR) is 73.9 cm³/mol. The lowest BCUT2D eigenvalue weighted by Gasteiger charge is -2.18. The predicted octanol–water partition coefficient (Wildman–Crippen LogP) is 3.26. The molecule has 0 amide bonds. The first-order chi connectivity index (χ1) is 9.42. The molecule has 20 heavy (non-hydrogen) atoms. The summed E-state index contributed by atoms with van der Waals surface area (Å²) in [4.78, 5) is 10.4. The minimum atomic E-state index is -2.88. The second kappa shape index (κ2) is 7.94. The Balaban J connectivity index is 2.25. The van der Waals surface area contributed by atoms with Crippen molar-refractivity contribution >= 4 is 5.97 Å². The zero-order valence-electron chi connectivity index (χ0n) is 11.6. The summed E-state index contributed by atoms with van der Waals surface area (Å²) in [7, 11) is 0. The van der Waals surface area contributed by atoms with Crippen LogP contribution in [0.25, 0.3) is 0 Å². The molecule has 0 aliphatic heterocycles. The molecule has 1 aromatic rings. The van der Waals surface area contributed by atoms with Crippen LogP contribution in [-0.4, -0.2) is 24.2 Å². The number of carbonyl (C=O) groups is 1. The van der Waals surface area contributed by atoms with Crippen molar-refractivity contribution in [2.45, 2.75) is 32.1 Å². The minimum absolute atomic E-state index is 0.00595. The van der Waals surface area contributed by atoms with Gasteiger partial charge in [-0.05, 0) is 25.3 Å². The van der Waals surface area contributed by atoms with Gasteiger partial charge in [0.05, 0.1) is 6.54 Å². The molecular formula is C15H21F2NO2. The molecule has 0 aromatic heterocycles. The highest BCUT2D eigenvalue weighted by Gasteiger charge is 2.30. The normalized spacial score (nSPS) is 13.2. The molecule has 1 rings (SSSR count). The third-order valence-corrected chi connectivity index (χ3v) is 3.21. The average molecular weight is 285 g/mol. The van der Waals surface area contributed by atoms with Crippen molar-refractivity contribution in [2.75, 3.05) is 13.1 Å². The summed E-state index contributed by atoms with van der Waals surface area (Å²) in [5.41, 5.74) is 0.00595. The molecule has 2 N–H and O–H groups in total. The van der Waals surface area contributed by atoms with E-state index in [0.29, 0.717) is 19.4 Å². The number of hydrogen-bond donors (Lipinski definition) is 2. The first-order valence-electron chi connectivity index (χ1n) is 6.77. The van der Waals surface area contributed by atoms with Gasteiger partial charge < -0.3 is 10.4 Å². The lowest BCUT2D eigenvalue weighted by molar-refractivity contribution is -0.137. The molecule has 0 radical (unpaired) electrons. The standard InChI is InChI=1S/C15H21F2NO2/c1-12(7-8-14(19)20)9-10-18-11-15(16,17)13-5-3-2-4-6-13/h2-6,12,18H,7-11H2,1H3,(H,19,20). The van der Waals surface area contributed by atoms with Gasteiger partial charge in [-0.2, -0.15) is 8.78 Å². The quantitative estimate of drug-likeness (QED) is 0.685. The largest absolute Gasteiger partial charge is 0.481 e. The molecule has 1 unspecified atom stereocenters. The van der Waals surface area contributed by atoms with Crippen molar-refractivity contribution in [3.63, 3.8) is 0 Å². The first-order valence-corrected chi connectivity index (χ1v) is 6.77. The van der Waals surface area contributed by atoms with Crippen LogP contribution >= 0.6 is 0 Å². The molecule has 0 fully saturated rings. The van der Waals surface area contributed by atoms with E-state index in [0.717, 1.165) is 0 Å². The Morgan fingerprint density at radius 1 is 1.30 bits per heavy atom. The summed E-state index contributed by atoms with van der Waals surface area (Å²) in [5.74, 6) is -3.49. The Labute approximate surface area is 118 Å². The van der Waals surface area contributed by atoms with E-state index in [1.54, 1.807) is 18.2 Å². The minimum Gasteiger partial charge on any atom is -0.481 e. The molecule has 112 valence electrons.